The zero-order valence-electron chi connectivity index (χ0n) is 17.4. The maximum absolute atomic E-state index is 13.7. The second-order valence-corrected chi connectivity index (χ2v) is 8.35. The predicted octanol–water partition coefficient (Wildman–Crippen LogP) is 4.90. The van der Waals surface area contributed by atoms with E-state index < -0.39 is 35.3 Å². The van der Waals surface area contributed by atoms with E-state index in [-0.39, 0.29) is 10.6 Å². The van der Waals surface area contributed by atoms with Gasteiger partial charge in [0, 0.05) is 18.5 Å². The van der Waals surface area contributed by atoms with Crippen LogP contribution in [0.3, 0.4) is 0 Å². The van der Waals surface area contributed by atoms with Crippen molar-refractivity contribution in [2.24, 2.45) is 0 Å². The molecule has 33 heavy (non-hydrogen) atoms. The van der Waals surface area contributed by atoms with Gasteiger partial charge in [0.15, 0.2) is 0 Å². The molecule has 0 radical (unpaired) electrons. The summed E-state index contributed by atoms with van der Waals surface area (Å²) in [7, 11) is 0. The number of carbonyl (C=O) groups is 2. The average Bonchev–Trinajstić information content (AvgIpc) is 3.45. The minimum absolute atomic E-state index is 0.0350. The van der Waals surface area contributed by atoms with Gasteiger partial charge >= 0.3 is 6.18 Å². The van der Waals surface area contributed by atoms with Gasteiger partial charge in [-0.25, -0.2) is 4.98 Å². The standard InChI is InChI=1S/C22H19F3N4O3S/c1-12-18(33-21(27-12)16-5-2-3-9-26-16)20(31)29-15-8-7-13(11-14(15)22(23,24)25)28-19(30)17-6-4-10-32-17/h2-3,5,7-9,11,17H,4,6,10H2,1H3,(H,28,30)(H,29,31). The molecule has 3 heterocycles. The first-order valence-corrected chi connectivity index (χ1v) is 10.9. The highest BCUT2D eigenvalue weighted by atomic mass is 32.1. The minimum atomic E-state index is -4.75. The zero-order chi connectivity index (χ0) is 23.6. The van der Waals surface area contributed by atoms with Crippen molar-refractivity contribution >= 4 is 34.5 Å². The smallest absolute Gasteiger partial charge is 0.368 e. The molecule has 2 aromatic heterocycles. The van der Waals surface area contributed by atoms with Crippen LogP contribution in [0.1, 0.15) is 33.8 Å². The van der Waals surface area contributed by atoms with Crippen LogP contribution in [0.25, 0.3) is 10.7 Å². The fraction of sp³-hybridized carbons (Fsp3) is 0.273. The third-order valence-corrected chi connectivity index (χ3v) is 6.13. The summed E-state index contributed by atoms with van der Waals surface area (Å²) in [6.07, 6.45) is -2.62. The van der Waals surface area contributed by atoms with E-state index in [4.69, 9.17) is 4.74 Å². The van der Waals surface area contributed by atoms with Gasteiger partial charge in [0.2, 0.25) is 0 Å². The first-order valence-electron chi connectivity index (χ1n) is 10.1. The van der Waals surface area contributed by atoms with Crippen molar-refractivity contribution in [2.45, 2.75) is 32.0 Å². The molecule has 11 heteroatoms. The number of nitrogens with one attached hydrogen (secondary N) is 2. The van der Waals surface area contributed by atoms with Crippen molar-refractivity contribution in [1.82, 2.24) is 9.97 Å². The first-order chi connectivity index (χ1) is 15.7. The third-order valence-electron chi connectivity index (χ3n) is 4.95. The van der Waals surface area contributed by atoms with Gasteiger partial charge < -0.3 is 15.4 Å². The van der Waals surface area contributed by atoms with Crippen LogP contribution < -0.4 is 10.6 Å². The third kappa shape index (κ3) is 5.20. The summed E-state index contributed by atoms with van der Waals surface area (Å²) < 4.78 is 46.4. The molecule has 1 aromatic carbocycles. The largest absolute Gasteiger partial charge is 0.418 e. The van der Waals surface area contributed by atoms with Crippen LogP contribution in [0, 0.1) is 6.92 Å². The Labute approximate surface area is 191 Å². The van der Waals surface area contributed by atoms with Crippen LogP contribution in [0.15, 0.2) is 42.6 Å². The van der Waals surface area contributed by atoms with Gasteiger partial charge in [-0.15, -0.1) is 11.3 Å². The number of pyridine rings is 1. The van der Waals surface area contributed by atoms with E-state index in [1.807, 2.05) is 0 Å². The predicted molar refractivity (Wildman–Crippen MR) is 117 cm³/mol. The molecule has 0 aliphatic carbocycles. The van der Waals surface area contributed by atoms with Crippen molar-refractivity contribution < 1.29 is 27.5 Å². The fourth-order valence-corrected chi connectivity index (χ4v) is 4.30. The molecule has 1 fully saturated rings. The van der Waals surface area contributed by atoms with Crippen molar-refractivity contribution in [3.63, 3.8) is 0 Å². The molecule has 7 nitrogen and oxygen atoms in total. The summed E-state index contributed by atoms with van der Waals surface area (Å²) in [6, 6.07) is 8.45. The van der Waals surface area contributed by atoms with Crippen LogP contribution in [0.5, 0.6) is 0 Å². The molecule has 2 amide bonds. The lowest BCUT2D eigenvalue weighted by molar-refractivity contribution is -0.137. The van der Waals surface area contributed by atoms with Gasteiger partial charge in [-0.3, -0.25) is 14.6 Å². The number of benzene rings is 1. The van der Waals surface area contributed by atoms with Gasteiger partial charge in [0.25, 0.3) is 11.8 Å². The molecule has 0 spiro atoms. The molecule has 4 rings (SSSR count). The highest BCUT2D eigenvalue weighted by Gasteiger charge is 2.35. The number of halogens is 3. The van der Waals surface area contributed by atoms with E-state index in [9.17, 15) is 22.8 Å². The van der Waals surface area contributed by atoms with Crippen LogP contribution in [0.2, 0.25) is 0 Å². The molecule has 172 valence electrons. The molecule has 2 N–H and O–H groups in total. The number of hydrogen-bond acceptors (Lipinski definition) is 6. The van der Waals surface area contributed by atoms with Crippen molar-refractivity contribution in [1.29, 1.82) is 0 Å². The quantitative estimate of drug-likeness (QED) is 0.546. The maximum atomic E-state index is 13.7. The summed E-state index contributed by atoms with van der Waals surface area (Å²) in [5, 5.41) is 5.26. The molecular weight excluding hydrogens is 457 g/mol. The Morgan fingerprint density at radius 1 is 1.18 bits per heavy atom. The van der Waals surface area contributed by atoms with E-state index >= 15 is 0 Å². The Hall–Kier alpha value is -3.31. The second kappa shape index (κ2) is 9.28. The van der Waals surface area contributed by atoms with Crippen molar-refractivity contribution in [3.8, 4) is 10.7 Å². The van der Waals surface area contributed by atoms with Gasteiger partial charge in [0.05, 0.1) is 22.6 Å². The van der Waals surface area contributed by atoms with Crippen molar-refractivity contribution in [3.05, 3.63) is 58.7 Å². The van der Waals surface area contributed by atoms with Gasteiger partial charge in [-0.2, -0.15) is 13.2 Å². The number of carbonyl (C=O) groups excluding carboxylic acids is 2. The second-order valence-electron chi connectivity index (χ2n) is 7.35. The number of aryl methyl sites for hydroxylation is 1. The Balaban J connectivity index is 1.56. The number of alkyl halides is 3. The number of ether oxygens (including phenoxy) is 1. The molecule has 0 bridgehead atoms. The summed E-state index contributed by atoms with van der Waals surface area (Å²) in [5.41, 5.74) is -0.589. The van der Waals surface area contributed by atoms with Gasteiger partial charge in [-0.1, -0.05) is 6.07 Å². The van der Waals surface area contributed by atoms with E-state index in [1.54, 1.807) is 31.3 Å². The van der Waals surface area contributed by atoms with E-state index in [2.05, 4.69) is 20.6 Å². The SMILES string of the molecule is Cc1nc(-c2ccccn2)sc1C(=O)Nc1ccc(NC(=O)C2CCCO2)cc1C(F)(F)F. The lowest BCUT2D eigenvalue weighted by Gasteiger charge is -2.16. The van der Waals surface area contributed by atoms with Gasteiger partial charge in [-0.05, 0) is 50.1 Å². The molecule has 0 saturated carbocycles. The Bertz CT molecular complexity index is 1180. The molecular formula is C22H19F3N4O3S. The topological polar surface area (TPSA) is 93.2 Å². The summed E-state index contributed by atoms with van der Waals surface area (Å²) in [6.45, 7) is 2.04. The molecule has 1 unspecified atom stereocenters. The van der Waals surface area contributed by atoms with Crippen LogP contribution in [-0.2, 0) is 15.7 Å². The minimum Gasteiger partial charge on any atom is -0.368 e. The average molecular weight is 476 g/mol. The summed E-state index contributed by atoms with van der Waals surface area (Å²) in [4.78, 5) is 33.6. The molecule has 3 aromatic rings. The molecule has 1 atom stereocenters. The maximum Gasteiger partial charge on any atom is 0.418 e. The normalized spacial score (nSPS) is 15.9. The highest BCUT2D eigenvalue weighted by molar-refractivity contribution is 7.17. The lowest BCUT2D eigenvalue weighted by atomic mass is 10.1. The van der Waals surface area contributed by atoms with Gasteiger partial charge in [0.1, 0.15) is 16.0 Å². The van der Waals surface area contributed by atoms with Crippen molar-refractivity contribution in [2.75, 3.05) is 17.2 Å². The number of thiazole rings is 1. The monoisotopic (exact) mass is 476 g/mol. The summed E-state index contributed by atoms with van der Waals surface area (Å²) in [5.74, 6) is -1.21. The number of hydrogen-bond donors (Lipinski definition) is 2. The Morgan fingerprint density at radius 2 is 2.00 bits per heavy atom. The van der Waals surface area contributed by atoms with Crippen LogP contribution in [0.4, 0.5) is 24.5 Å². The first kappa shape index (κ1) is 22.9. The summed E-state index contributed by atoms with van der Waals surface area (Å²) >= 11 is 1.04. The molecule has 1 aliphatic heterocycles. The Morgan fingerprint density at radius 3 is 2.67 bits per heavy atom. The number of anilines is 2. The number of amides is 2. The van der Waals surface area contributed by atoms with Crippen LogP contribution >= 0.6 is 11.3 Å². The molecule has 1 aliphatic rings. The number of aromatic nitrogens is 2. The van der Waals surface area contributed by atoms with Crippen LogP contribution in [-0.4, -0.2) is 34.5 Å². The van der Waals surface area contributed by atoms with E-state index in [0.717, 1.165) is 29.9 Å². The zero-order valence-corrected chi connectivity index (χ0v) is 18.2. The fourth-order valence-electron chi connectivity index (χ4n) is 3.36. The van der Waals surface area contributed by atoms with E-state index in [1.165, 1.54) is 6.07 Å². The number of nitrogens with zero attached hydrogens (tertiary/aromatic N) is 2. The molecule has 1 saturated heterocycles. The Kier molecular flexibility index (Phi) is 6.43. The highest BCUT2D eigenvalue weighted by Crippen LogP contribution is 2.37. The lowest BCUT2D eigenvalue weighted by Crippen LogP contribution is -2.27. The van der Waals surface area contributed by atoms with E-state index in [0.29, 0.717) is 29.4 Å². The number of rotatable bonds is 5.